The molecule has 0 radical (unpaired) electrons. The molecule has 102 valence electrons. The first kappa shape index (κ1) is 15.2. The van der Waals surface area contributed by atoms with Crippen molar-refractivity contribution in [1.29, 1.82) is 0 Å². The zero-order valence-electron chi connectivity index (χ0n) is 12.3. The number of nitrogens with one attached hydrogen (secondary N) is 1. The van der Waals surface area contributed by atoms with Gasteiger partial charge in [-0.05, 0) is 68.0 Å². The lowest BCUT2D eigenvalue weighted by Crippen LogP contribution is -2.26. The molecular formula is C16H26FN. The maximum Gasteiger partial charge on any atom is 0.126 e. The Hall–Kier alpha value is -0.890. The predicted octanol–water partition coefficient (Wildman–Crippen LogP) is 3.87. The highest BCUT2D eigenvalue weighted by atomic mass is 19.1. The minimum absolute atomic E-state index is 0.0526. The van der Waals surface area contributed by atoms with E-state index in [0.29, 0.717) is 11.8 Å². The van der Waals surface area contributed by atoms with E-state index in [1.165, 1.54) is 0 Å². The van der Waals surface area contributed by atoms with E-state index in [9.17, 15) is 4.39 Å². The summed E-state index contributed by atoms with van der Waals surface area (Å²) in [4.78, 5) is 0. The molecule has 1 aromatic rings. The lowest BCUT2D eigenvalue weighted by Gasteiger charge is -2.16. The molecule has 0 bridgehead atoms. The molecule has 0 aromatic heterocycles. The minimum atomic E-state index is -0.0526. The van der Waals surface area contributed by atoms with Gasteiger partial charge < -0.3 is 5.32 Å². The van der Waals surface area contributed by atoms with Gasteiger partial charge in [0.1, 0.15) is 5.82 Å². The molecule has 0 aliphatic heterocycles. The summed E-state index contributed by atoms with van der Waals surface area (Å²) in [5, 5.41) is 3.43. The molecule has 0 saturated carbocycles. The van der Waals surface area contributed by atoms with Gasteiger partial charge in [-0.25, -0.2) is 4.39 Å². The van der Waals surface area contributed by atoms with Gasteiger partial charge in [0, 0.05) is 0 Å². The van der Waals surface area contributed by atoms with Crippen LogP contribution in [0.25, 0.3) is 0 Å². The Morgan fingerprint density at radius 3 is 2.33 bits per heavy atom. The van der Waals surface area contributed by atoms with Crippen LogP contribution < -0.4 is 5.32 Å². The SMILES string of the molecule is Cc1cc(C)c(CC(C)CNCC(C)C)c(F)c1. The summed E-state index contributed by atoms with van der Waals surface area (Å²) in [5.74, 6) is 1.07. The van der Waals surface area contributed by atoms with Gasteiger partial charge in [-0.15, -0.1) is 0 Å². The number of halogens is 1. The third kappa shape index (κ3) is 4.77. The van der Waals surface area contributed by atoms with Crippen molar-refractivity contribution >= 4 is 0 Å². The fraction of sp³-hybridized carbons (Fsp3) is 0.625. The van der Waals surface area contributed by atoms with Gasteiger partial charge in [0.25, 0.3) is 0 Å². The quantitative estimate of drug-likeness (QED) is 0.809. The molecule has 1 aromatic carbocycles. The molecule has 1 atom stereocenters. The van der Waals surface area contributed by atoms with Crippen LogP contribution in [0.2, 0.25) is 0 Å². The Labute approximate surface area is 111 Å². The van der Waals surface area contributed by atoms with Gasteiger partial charge in [-0.2, -0.15) is 0 Å². The molecule has 0 amide bonds. The normalized spacial score (nSPS) is 13.1. The van der Waals surface area contributed by atoms with Gasteiger partial charge >= 0.3 is 0 Å². The second-order valence-electron chi connectivity index (χ2n) is 5.90. The summed E-state index contributed by atoms with van der Waals surface area (Å²) in [7, 11) is 0. The van der Waals surface area contributed by atoms with Gasteiger partial charge in [0.15, 0.2) is 0 Å². The highest BCUT2D eigenvalue weighted by Gasteiger charge is 2.11. The first-order valence-corrected chi connectivity index (χ1v) is 6.86. The van der Waals surface area contributed by atoms with E-state index in [0.717, 1.165) is 36.2 Å². The number of benzene rings is 1. The molecule has 1 unspecified atom stereocenters. The standard InChI is InChI=1S/C16H26FN/c1-11(2)9-18-10-13(4)7-15-14(5)6-12(3)8-16(15)17/h6,8,11,13,18H,7,9-10H2,1-5H3. The van der Waals surface area contributed by atoms with E-state index in [1.54, 1.807) is 6.07 Å². The lowest BCUT2D eigenvalue weighted by atomic mass is 9.95. The maximum absolute atomic E-state index is 13.9. The Kier molecular flexibility index (Phi) is 5.80. The molecule has 1 N–H and O–H groups in total. The molecule has 18 heavy (non-hydrogen) atoms. The average molecular weight is 251 g/mol. The number of hydrogen-bond acceptors (Lipinski definition) is 1. The molecule has 0 aliphatic carbocycles. The van der Waals surface area contributed by atoms with Crippen LogP contribution >= 0.6 is 0 Å². The van der Waals surface area contributed by atoms with Gasteiger partial charge in [0.2, 0.25) is 0 Å². The molecule has 1 nitrogen and oxygen atoms in total. The first-order valence-electron chi connectivity index (χ1n) is 6.86. The van der Waals surface area contributed by atoms with E-state index in [1.807, 2.05) is 13.8 Å². The topological polar surface area (TPSA) is 12.0 Å². The summed E-state index contributed by atoms with van der Waals surface area (Å²) in [5.41, 5.74) is 2.95. The summed E-state index contributed by atoms with van der Waals surface area (Å²) in [6.45, 7) is 12.5. The van der Waals surface area contributed by atoms with E-state index in [2.05, 4.69) is 32.2 Å². The van der Waals surface area contributed by atoms with E-state index in [4.69, 9.17) is 0 Å². The van der Waals surface area contributed by atoms with Crippen molar-refractivity contribution in [3.8, 4) is 0 Å². The van der Waals surface area contributed by atoms with Crippen LogP contribution in [0, 0.1) is 31.5 Å². The molecule has 0 fully saturated rings. The Bertz CT molecular complexity index is 362. The largest absolute Gasteiger partial charge is 0.316 e. The molecule has 0 spiro atoms. The summed E-state index contributed by atoms with van der Waals surface area (Å²) in [6.07, 6.45) is 0.809. The molecule has 1 rings (SSSR count). The maximum atomic E-state index is 13.9. The highest BCUT2D eigenvalue weighted by molar-refractivity contribution is 5.32. The molecule has 0 saturated heterocycles. The van der Waals surface area contributed by atoms with E-state index >= 15 is 0 Å². The van der Waals surface area contributed by atoms with Crippen LogP contribution in [0.4, 0.5) is 4.39 Å². The Morgan fingerprint density at radius 2 is 1.78 bits per heavy atom. The van der Waals surface area contributed by atoms with Gasteiger partial charge in [0.05, 0.1) is 0 Å². The minimum Gasteiger partial charge on any atom is -0.316 e. The second-order valence-corrected chi connectivity index (χ2v) is 5.90. The van der Waals surface area contributed by atoms with Crippen LogP contribution in [0.1, 0.15) is 37.5 Å². The zero-order chi connectivity index (χ0) is 13.7. The van der Waals surface area contributed by atoms with Crippen LogP contribution in [0.5, 0.6) is 0 Å². The fourth-order valence-corrected chi connectivity index (χ4v) is 2.24. The van der Waals surface area contributed by atoms with E-state index < -0.39 is 0 Å². The third-order valence-corrected chi connectivity index (χ3v) is 3.16. The first-order chi connectivity index (χ1) is 8.40. The molecule has 0 aliphatic rings. The monoisotopic (exact) mass is 251 g/mol. The van der Waals surface area contributed by atoms with E-state index in [-0.39, 0.29) is 5.82 Å². The van der Waals surface area contributed by atoms with Crippen molar-refractivity contribution in [3.05, 3.63) is 34.6 Å². The number of aryl methyl sites for hydroxylation is 2. The number of hydrogen-bond donors (Lipinski definition) is 1. The fourth-order valence-electron chi connectivity index (χ4n) is 2.24. The summed E-state index contributed by atoms with van der Waals surface area (Å²) < 4.78 is 13.9. The van der Waals surface area contributed by atoms with Crippen LogP contribution in [-0.2, 0) is 6.42 Å². The smallest absolute Gasteiger partial charge is 0.126 e. The second kappa shape index (κ2) is 6.89. The summed E-state index contributed by atoms with van der Waals surface area (Å²) >= 11 is 0. The molecule has 0 heterocycles. The van der Waals surface area contributed by atoms with Crippen LogP contribution in [0.3, 0.4) is 0 Å². The van der Waals surface area contributed by atoms with Crippen molar-refractivity contribution in [2.24, 2.45) is 11.8 Å². The predicted molar refractivity (Wildman–Crippen MR) is 76.4 cm³/mol. The summed E-state index contributed by atoms with van der Waals surface area (Å²) in [6, 6.07) is 3.70. The number of rotatable bonds is 6. The average Bonchev–Trinajstić information content (AvgIpc) is 2.22. The van der Waals surface area contributed by atoms with Crippen molar-refractivity contribution in [2.45, 2.75) is 41.0 Å². The zero-order valence-corrected chi connectivity index (χ0v) is 12.3. The van der Waals surface area contributed by atoms with Crippen molar-refractivity contribution < 1.29 is 4.39 Å². The van der Waals surface area contributed by atoms with Gasteiger partial charge in [-0.3, -0.25) is 0 Å². The Balaban J connectivity index is 2.56. The lowest BCUT2D eigenvalue weighted by molar-refractivity contribution is 0.465. The highest BCUT2D eigenvalue weighted by Crippen LogP contribution is 2.19. The van der Waals surface area contributed by atoms with Crippen molar-refractivity contribution in [2.75, 3.05) is 13.1 Å². The van der Waals surface area contributed by atoms with Crippen molar-refractivity contribution in [1.82, 2.24) is 5.32 Å². The molecule has 2 heteroatoms. The van der Waals surface area contributed by atoms with Crippen molar-refractivity contribution in [3.63, 3.8) is 0 Å². The molecular weight excluding hydrogens is 225 g/mol. The Morgan fingerprint density at radius 1 is 1.11 bits per heavy atom. The van der Waals surface area contributed by atoms with Crippen LogP contribution in [0.15, 0.2) is 12.1 Å². The third-order valence-electron chi connectivity index (χ3n) is 3.16. The van der Waals surface area contributed by atoms with Crippen LogP contribution in [-0.4, -0.2) is 13.1 Å². The van der Waals surface area contributed by atoms with Gasteiger partial charge in [-0.1, -0.05) is 26.8 Å².